The summed E-state index contributed by atoms with van der Waals surface area (Å²) in [5.74, 6) is 0.701. The molecule has 1 saturated carbocycles. The van der Waals surface area contributed by atoms with Crippen molar-refractivity contribution in [1.82, 2.24) is 0 Å². The highest BCUT2D eigenvalue weighted by molar-refractivity contribution is 7.00. The average molecular weight is 615 g/mol. The minimum atomic E-state index is 0.0499. The highest BCUT2D eigenvalue weighted by atomic mass is 15.2. The van der Waals surface area contributed by atoms with E-state index in [1.165, 1.54) is 99.3 Å². The fourth-order valence-electron chi connectivity index (χ4n) is 8.35. The maximum Gasteiger partial charge on any atom is 0.252 e. The molecule has 0 saturated heterocycles. The molecule has 47 heavy (non-hydrogen) atoms. The van der Waals surface area contributed by atoms with Crippen LogP contribution in [0.4, 0.5) is 34.1 Å². The summed E-state index contributed by atoms with van der Waals surface area (Å²) in [5.41, 5.74) is 16.1. The van der Waals surface area contributed by atoms with Gasteiger partial charge in [-0.1, -0.05) is 121 Å². The topological polar surface area (TPSA) is 6.48 Å². The molecule has 0 aromatic heterocycles. The van der Waals surface area contributed by atoms with Crippen molar-refractivity contribution in [2.75, 3.05) is 9.80 Å². The van der Waals surface area contributed by atoms with E-state index in [1.54, 1.807) is 0 Å². The van der Waals surface area contributed by atoms with Crippen molar-refractivity contribution in [3.05, 3.63) is 126 Å². The van der Waals surface area contributed by atoms with E-state index >= 15 is 0 Å². The zero-order valence-corrected chi connectivity index (χ0v) is 29.0. The number of hydrogen-bond acceptors (Lipinski definition) is 2. The summed E-state index contributed by atoms with van der Waals surface area (Å²) in [7, 11) is 0. The summed E-state index contributed by atoms with van der Waals surface area (Å²) < 4.78 is 0. The van der Waals surface area contributed by atoms with Gasteiger partial charge in [-0.3, -0.25) is 0 Å². The largest absolute Gasteiger partial charge is 0.311 e. The maximum absolute atomic E-state index is 2.52. The zero-order valence-electron chi connectivity index (χ0n) is 29.0. The predicted octanol–water partition coefficient (Wildman–Crippen LogP) is 10.4. The second kappa shape index (κ2) is 11.2. The summed E-state index contributed by atoms with van der Waals surface area (Å²) in [6, 6.07) is 42.1. The number of rotatable bonds is 3. The van der Waals surface area contributed by atoms with Gasteiger partial charge in [0.25, 0.3) is 6.71 Å². The highest BCUT2D eigenvalue weighted by Crippen LogP contribution is 2.45. The Balaban J connectivity index is 1.34. The summed E-state index contributed by atoms with van der Waals surface area (Å²) in [6.45, 7) is 14.0. The molecule has 0 atom stereocenters. The molecule has 2 heterocycles. The van der Waals surface area contributed by atoms with Crippen LogP contribution in [0.25, 0.3) is 0 Å². The first kappa shape index (κ1) is 30.1. The fourth-order valence-corrected chi connectivity index (χ4v) is 8.35. The molecule has 2 nitrogen and oxygen atoms in total. The molecule has 1 fully saturated rings. The Morgan fingerprint density at radius 3 is 1.66 bits per heavy atom. The van der Waals surface area contributed by atoms with Crippen molar-refractivity contribution in [1.29, 1.82) is 0 Å². The summed E-state index contributed by atoms with van der Waals surface area (Å²) in [4.78, 5) is 5.04. The zero-order chi connectivity index (χ0) is 32.5. The van der Waals surface area contributed by atoms with Crippen LogP contribution in [0.3, 0.4) is 0 Å². The van der Waals surface area contributed by atoms with Crippen molar-refractivity contribution in [2.24, 2.45) is 0 Å². The quantitative estimate of drug-likeness (QED) is 0.183. The average Bonchev–Trinajstić information content (AvgIpc) is 3.08. The Labute approximate surface area is 282 Å². The molecule has 3 aliphatic rings. The van der Waals surface area contributed by atoms with E-state index in [0.717, 1.165) is 0 Å². The van der Waals surface area contributed by atoms with Gasteiger partial charge in [0.2, 0.25) is 0 Å². The van der Waals surface area contributed by atoms with Gasteiger partial charge < -0.3 is 9.80 Å². The molecule has 236 valence electrons. The molecule has 5 aromatic carbocycles. The van der Waals surface area contributed by atoms with E-state index in [2.05, 4.69) is 161 Å². The number of anilines is 6. The molecular weight excluding hydrogens is 567 g/mol. The van der Waals surface area contributed by atoms with Crippen LogP contribution in [0.1, 0.15) is 96.3 Å². The van der Waals surface area contributed by atoms with Crippen LogP contribution >= 0.6 is 0 Å². The van der Waals surface area contributed by atoms with Crippen molar-refractivity contribution < 1.29 is 0 Å². The smallest absolute Gasteiger partial charge is 0.252 e. The van der Waals surface area contributed by atoms with E-state index < -0.39 is 0 Å². The van der Waals surface area contributed by atoms with Crippen molar-refractivity contribution in [2.45, 2.75) is 90.4 Å². The van der Waals surface area contributed by atoms with Crippen LogP contribution in [0.5, 0.6) is 0 Å². The number of fused-ring (bicyclic) bond motifs is 4. The molecule has 1 aliphatic carbocycles. The fraction of sp³-hybridized carbons (Fsp3) is 0.318. The maximum atomic E-state index is 2.52. The molecule has 0 amide bonds. The van der Waals surface area contributed by atoms with Gasteiger partial charge in [0.05, 0.1) is 0 Å². The first-order valence-corrected chi connectivity index (χ1v) is 17.8. The minimum Gasteiger partial charge on any atom is -0.311 e. The number of benzene rings is 5. The highest BCUT2D eigenvalue weighted by Gasteiger charge is 2.43. The van der Waals surface area contributed by atoms with Crippen LogP contribution < -0.4 is 26.2 Å². The lowest BCUT2D eigenvalue weighted by Gasteiger charge is -2.44. The standard InChI is InChI=1S/C44H47BN2/c1-43(2,3)32-21-26-35(27-22-32)47-39-28-23-33(44(4,5)6)29-37(39)45-36-15-10-11-16-38(36)46(40-17-12-18-41(47)42(40)45)34-24-19-31(20-25-34)30-13-8-7-9-14-30/h10-12,15-30H,7-9,13-14H2,1-6H3. The second-order valence-electron chi connectivity index (χ2n) is 16.1. The first-order valence-electron chi connectivity index (χ1n) is 17.8. The van der Waals surface area contributed by atoms with Gasteiger partial charge in [0.15, 0.2) is 0 Å². The number of hydrogen-bond donors (Lipinski definition) is 0. The third-order valence-corrected chi connectivity index (χ3v) is 11.0. The molecular formula is C44H47BN2. The van der Waals surface area contributed by atoms with E-state index in [1.807, 2.05) is 0 Å². The predicted molar refractivity (Wildman–Crippen MR) is 204 cm³/mol. The Kier molecular flexibility index (Phi) is 7.17. The Hall–Kier alpha value is -4.24. The summed E-state index contributed by atoms with van der Waals surface area (Å²) in [5, 5.41) is 0. The third-order valence-electron chi connectivity index (χ3n) is 11.0. The normalized spacial score (nSPS) is 16.1. The lowest BCUT2D eigenvalue weighted by molar-refractivity contribution is 0.443. The Bertz CT molecular complexity index is 1940. The number of para-hydroxylation sites is 1. The van der Waals surface area contributed by atoms with E-state index in [9.17, 15) is 0 Å². The summed E-state index contributed by atoms with van der Waals surface area (Å²) in [6.07, 6.45) is 6.75. The van der Waals surface area contributed by atoms with Gasteiger partial charge in [-0.15, -0.1) is 0 Å². The van der Waals surface area contributed by atoms with Crippen molar-refractivity contribution in [3.8, 4) is 0 Å². The molecule has 0 spiro atoms. The molecule has 0 N–H and O–H groups in total. The van der Waals surface area contributed by atoms with Gasteiger partial charge in [-0.2, -0.15) is 0 Å². The van der Waals surface area contributed by atoms with Gasteiger partial charge in [0, 0.05) is 34.1 Å². The first-order chi connectivity index (χ1) is 22.6. The molecule has 2 aliphatic heterocycles. The monoisotopic (exact) mass is 614 g/mol. The van der Waals surface area contributed by atoms with Gasteiger partial charge in [-0.25, -0.2) is 0 Å². The van der Waals surface area contributed by atoms with E-state index in [4.69, 9.17) is 0 Å². The number of nitrogens with zero attached hydrogens (tertiary/aromatic N) is 2. The van der Waals surface area contributed by atoms with Gasteiger partial charge in [0.1, 0.15) is 0 Å². The van der Waals surface area contributed by atoms with E-state index in [-0.39, 0.29) is 17.5 Å². The Morgan fingerprint density at radius 2 is 1.04 bits per heavy atom. The molecule has 8 rings (SSSR count). The minimum absolute atomic E-state index is 0.0499. The molecule has 0 radical (unpaired) electrons. The molecule has 0 bridgehead atoms. The molecule has 5 aromatic rings. The molecule has 3 heteroatoms. The lowest BCUT2D eigenvalue weighted by Crippen LogP contribution is -2.61. The van der Waals surface area contributed by atoms with Crippen LogP contribution in [0.15, 0.2) is 109 Å². The SMILES string of the molecule is CC(C)(C)c1ccc(N2c3ccc(C(C)(C)C)cc3B3c4ccccc4N(c4ccc(C5CCCCC5)cc4)c4cccc2c43)cc1. The van der Waals surface area contributed by atoms with Crippen LogP contribution in [0, 0.1) is 0 Å². The van der Waals surface area contributed by atoms with Crippen molar-refractivity contribution >= 4 is 57.2 Å². The van der Waals surface area contributed by atoms with Crippen LogP contribution in [0.2, 0.25) is 0 Å². The van der Waals surface area contributed by atoms with Crippen LogP contribution in [-0.4, -0.2) is 6.71 Å². The van der Waals surface area contributed by atoms with Gasteiger partial charge >= 0.3 is 0 Å². The summed E-state index contributed by atoms with van der Waals surface area (Å²) >= 11 is 0. The van der Waals surface area contributed by atoms with Gasteiger partial charge in [-0.05, 0) is 111 Å². The van der Waals surface area contributed by atoms with Crippen molar-refractivity contribution in [3.63, 3.8) is 0 Å². The van der Waals surface area contributed by atoms with Crippen LogP contribution in [-0.2, 0) is 10.8 Å². The molecule has 0 unspecified atom stereocenters. The van der Waals surface area contributed by atoms with E-state index in [0.29, 0.717) is 5.92 Å². The Morgan fingerprint density at radius 1 is 0.511 bits per heavy atom. The lowest BCUT2D eigenvalue weighted by atomic mass is 9.33. The third kappa shape index (κ3) is 5.10. The second-order valence-corrected chi connectivity index (χ2v) is 16.1.